The maximum Gasteiger partial charge on any atom is 0.265 e. The molecule has 0 saturated carbocycles. The van der Waals surface area contributed by atoms with Crippen molar-refractivity contribution in [3.8, 4) is 0 Å². The molecule has 2 atom stereocenters. The molecule has 1 aromatic heterocycles. The zero-order valence-corrected chi connectivity index (χ0v) is 17.7. The van der Waals surface area contributed by atoms with Crippen molar-refractivity contribution in [3.05, 3.63) is 52.2 Å². The van der Waals surface area contributed by atoms with Gasteiger partial charge in [0.15, 0.2) is 0 Å². The molecular formula is C18H24ClN3O3S2. The highest BCUT2D eigenvalue weighted by atomic mass is 35.5. The first-order chi connectivity index (χ1) is 12.4. The Labute approximate surface area is 170 Å². The Morgan fingerprint density at radius 1 is 1.22 bits per heavy atom. The van der Waals surface area contributed by atoms with Gasteiger partial charge in [-0.05, 0) is 29.5 Å². The van der Waals surface area contributed by atoms with Gasteiger partial charge in [-0.2, -0.15) is 0 Å². The lowest BCUT2D eigenvalue weighted by molar-refractivity contribution is 0.0787. The van der Waals surface area contributed by atoms with Gasteiger partial charge >= 0.3 is 0 Å². The number of carbonyl (C=O) groups excluding carboxylic acids is 1. The second kappa shape index (κ2) is 8.70. The van der Waals surface area contributed by atoms with E-state index < -0.39 is 10.0 Å². The van der Waals surface area contributed by atoms with E-state index in [9.17, 15) is 13.2 Å². The quantitative estimate of drug-likeness (QED) is 0.789. The van der Waals surface area contributed by atoms with Gasteiger partial charge in [0.05, 0.1) is 0 Å². The van der Waals surface area contributed by atoms with Crippen molar-refractivity contribution in [1.29, 1.82) is 0 Å². The minimum atomic E-state index is -3.65. The molecule has 1 saturated heterocycles. The Hall–Kier alpha value is -1.45. The molecule has 6 nitrogen and oxygen atoms in total. The van der Waals surface area contributed by atoms with Crippen LogP contribution in [0, 0.1) is 5.92 Å². The zero-order valence-electron chi connectivity index (χ0n) is 15.2. The Morgan fingerprint density at radius 2 is 1.89 bits per heavy atom. The maximum atomic E-state index is 13.0. The minimum Gasteiger partial charge on any atom is -0.337 e. The third-order valence-corrected chi connectivity index (χ3v) is 7.73. The van der Waals surface area contributed by atoms with E-state index in [1.807, 2.05) is 30.3 Å². The number of rotatable bonds is 5. The van der Waals surface area contributed by atoms with Crippen molar-refractivity contribution in [2.45, 2.75) is 10.8 Å². The highest BCUT2D eigenvalue weighted by molar-refractivity contribution is 7.89. The van der Waals surface area contributed by atoms with E-state index in [2.05, 4.69) is 0 Å². The number of hydrogen-bond acceptors (Lipinski definition) is 5. The summed E-state index contributed by atoms with van der Waals surface area (Å²) in [5.41, 5.74) is 7.10. The molecule has 0 aliphatic carbocycles. The zero-order chi connectivity index (χ0) is 18.9. The van der Waals surface area contributed by atoms with E-state index in [4.69, 9.17) is 5.73 Å². The Balaban J connectivity index is 0.00000261. The van der Waals surface area contributed by atoms with Gasteiger partial charge in [-0.25, -0.2) is 12.7 Å². The molecule has 0 bridgehead atoms. The van der Waals surface area contributed by atoms with Crippen molar-refractivity contribution in [2.24, 2.45) is 11.7 Å². The predicted molar refractivity (Wildman–Crippen MR) is 110 cm³/mol. The monoisotopic (exact) mass is 429 g/mol. The standard InChI is InChI=1S/C18H23N3O3S2.ClH/c1-20(2)26(23,24)16-8-9-25-17(16)18(22)21-11-14(10-19)15(12-21)13-6-4-3-5-7-13;/h3-9,14-15H,10-12,19H2,1-2H3;1H/t14-,15+;/m1./s1. The summed E-state index contributed by atoms with van der Waals surface area (Å²) in [5.74, 6) is 0.0894. The fourth-order valence-corrected chi connectivity index (χ4v) is 5.61. The molecule has 1 fully saturated rings. The van der Waals surface area contributed by atoms with Crippen LogP contribution in [0.1, 0.15) is 21.2 Å². The normalized spacial score (nSPS) is 19.9. The Kier molecular flexibility index (Phi) is 7.04. The fourth-order valence-electron chi connectivity index (χ4n) is 3.35. The second-order valence-corrected chi connectivity index (χ2v) is 9.66. The smallest absolute Gasteiger partial charge is 0.265 e. The van der Waals surface area contributed by atoms with Crippen LogP contribution in [0.25, 0.3) is 0 Å². The number of thiophene rings is 1. The summed E-state index contributed by atoms with van der Waals surface area (Å²) in [7, 11) is -0.721. The van der Waals surface area contributed by atoms with Gasteiger partial charge in [-0.3, -0.25) is 4.79 Å². The molecule has 1 aliphatic rings. The first-order valence-electron chi connectivity index (χ1n) is 8.40. The van der Waals surface area contributed by atoms with E-state index in [0.29, 0.717) is 19.6 Å². The molecule has 148 valence electrons. The Morgan fingerprint density at radius 3 is 2.48 bits per heavy atom. The summed E-state index contributed by atoms with van der Waals surface area (Å²) in [6.07, 6.45) is 0. The lowest BCUT2D eigenvalue weighted by Gasteiger charge is -2.18. The van der Waals surface area contributed by atoms with Crippen LogP contribution >= 0.6 is 23.7 Å². The summed E-state index contributed by atoms with van der Waals surface area (Å²) >= 11 is 1.17. The van der Waals surface area contributed by atoms with Crippen LogP contribution < -0.4 is 5.73 Å². The van der Waals surface area contributed by atoms with Crippen LogP contribution in [0.4, 0.5) is 0 Å². The molecule has 2 heterocycles. The summed E-state index contributed by atoms with van der Waals surface area (Å²) in [4.78, 5) is 15.1. The van der Waals surface area contributed by atoms with Crippen molar-refractivity contribution in [1.82, 2.24) is 9.21 Å². The van der Waals surface area contributed by atoms with Gasteiger partial charge in [0.2, 0.25) is 10.0 Å². The molecule has 1 amide bonds. The molecule has 2 aromatic rings. The summed E-state index contributed by atoms with van der Waals surface area (Å²) in [6, 6.07) is 11.5. The number of hydrogen-bond donors (Lipinski definition) is 1. The predicted octanol–water partition coefficient (Wildman–Crippen LogP) is 2.23. The van der Waals surface area contributed by atoms with Crippen LogP contribution in [-0.4, -0.2) is 57.3 Å². The minimum absolute atomic E-state index is 0. The first-order valence-corrected chi connectivity index (χ1v) is 10.7. The molecule has 0 spiro atoms. The lowest BCUT2D eigenvalue weighted by atomic mass is 9.89. The average Bonchev–Trinajstić information content (AvgIpc) is 3.29. The van der Waals surface area contributed by atoms with Gasteiger partial charge in [-0.15, -0.1) is 23.7 Å². The number of nitrogens with zero attached hydrogens (tertiary/aromatic N) is 2. The van der Waals surface area contributed by atoms with Gasteiger partial charge < -0.3 is 10.6 Å². The second-order valence-electron chi connectivity index (χ2n) is 6.62. The summed E-state index contributed by atoms with van der Waals surface area (Å²) < 4.78 is 26.1. The average molecular weight is 430 g/mol. The fraction of sp³-hybridized carbons (Fsp3) is 0.389. The number of benzene rings is 1. The van der Waals surface area contributed by atoms with Crippen LogP contribution in [-0.2, 0) is 10.0 Å². The number of carbonyl (C=O) groups is 1. The van der Waals surface area contributed by atoms with Crippen LogP contribution in [0.15, 0.2) is 46.7 Å². The Bertz CT molecular complexity index is 884. The van der Waals surface area contributed by atoms with Gasteiger partial charge in [0, 0.05) is 33.1 Å². The van der Waals surface area contributed by atoms with Crippen molar-refractivity contribution < 1.29 is 13.2 Å². The third kappa shape index (κ3) is 4.20. The molecule has 1 aromatic carbocycles. The van der Waals surface area contributed by atoms with Crippen molar-refractivity contribution in [2.75, 3.05) is 33.7 Å². The molecule has 9 heteroatoms. The van der Waals surface area contributed by atoms with Crippen LogP contribution in [0.3, 0.4) is 0 Å². The molecule has 1 aliphatic heterocycles. The lowest BCUT2D eigenvalue weighted by Crippen LogP contribution is -2.31. The number of halogens is 1. The number of amides is 1. The van der Waals surface area contributed by atoms with Crippen molar-refractivity contribution >= 4 is 39.7 Å². The SMILES string of the molecule is CN(C)S(=O)(=O)c1ccsc1C(=O)N1C[C@@H](CN)[C@H](c2ccccc2)C1.Cl. The first kappa shape index (κ1) is 21.8. The maximum absolute atomic E-state index is 13.0. The van der Waals surface area contributed by atoms with Crippen molar-refractivity contribution in [3.63, 3.8) is 0 Å². The highest BCUT2D eigenvalue weighted by Gasteiger charge is 2.37. The molecule has 3 rings (SSSR count). The topological polar surface area (TPSA) is 83.7 Å². The van der Waals surface area contributed by atoms with E-state index in [1.165, 1.54) is 31.5 Å². The van der Waals surface area contributed by atoms with Gasteiger partial charge in [0.1, 0.15) is 9.77 Å². The van der Waals surface area contributed by atoms with Crippen LogP contribution in [0.5, 0.6) is 0 Å². The third-order valence-electron chi connectivity index (χ3n) is 4.84. The largest absolute Gasteiger partial charge is 0.337 e. The van der Waals surface area contributed by atoms with Crippen LogP contribution in [0.2, 0.25) is 0 Å². The molecule has 2 N–H and O–H groups in total. The molecule has 0 radical (unpaired) electrons. The molecule has 27 heavy (non-hydrogen) atoms. The highest BCUT2D eigenvalue weighted by Crippen LogP contribution is 2.34. The summed E-state index contributed by atoms with van der Waals surface area (Å²) in [5, 5.41) is 1.65. The van der Waals surface area contributed by atoms with E-state index in [1.54, 1.807) is 10.3 Å². The molecule has 0 unspecified atom stereocenters. The van der Waals surface area contributed by atoms with Gasteiger partial charge in [0.25, 0.3) is 5.91 Å². The van der Waals surface area contributed by atoms with Gasteiger partial charge in [-0.1, -0.05) is 30.3 Å². The van der Waals surface area contributed by atoms with E-state index in [-0.39, 0.29) is 39.9 Å². The van der Waals surface area contributed by atoms with E-state index in [0.717, 1.165) is 9.87 Å². The molecular weight excluding hydrogens is 406 g/mol. The van der Waals surface area contributed by atoms with E-state index >= 15 is 0 Å². The number of nitrogens with two attached hydrogens (primary N) is 1. The number of sulfonamides is 1. The summed E-state index contributed by atoms with van der Waals surface area (Å²) in [6.45, 7) is 1.56. The number of likely N-dealkylation sites (tertiary alicyclic amines) is 1.